The van der Waals surface area contributed by atoms with E-state index in [2.05, 4.69) is 12.1 Å². The van der Waals surface area contributed by atoms with Gasteiger partial charge in [0, 0.05) is 12.5 Å². The standard InChI is InChI=1S/C16H20N2O2/c1-4-6-16(12-18,7-5-8-17)13-9-14(19-2)11-15(10-13)20-3/h9-11H,4-7H2,1-3H3. The number of nitriles is 2. The average Bonchev–Trinajstić information content (AvgIpc) is 2.50. The van der Waals surface area contributed by atoms with Gasteiger partial charge in [0.2, 0.25) is 0 Å². The molecule has 1 atom stereocenters. The fourth-order valence-electron chi connectivity index (χ4n) is 2.37. The summed E-state index contributed by atoms with van der Waals surface area (Å²) in [6, 6.07) is 10.0. The molecule has 0 fully saturated rings. The van der Waals surface area contributed by atoms with Crippen LogP contribution >= 0.6 is 0 Å². The third-order valence-electron chi connectivity index (χ3n) is 3.46. The molecule has 1 aromatic carbocycles. The van der Waals surface area contributed by atoms with E-state index in [4.69, 9.17) is 14.7 Å². The highest BCUT2D eigenvalue weighted by Crippen LogP contribution is 2.37. The first-order chi connectivity index (χ1) is 9.65. The second-order valence-corrected chi connectivity index (χ2v) is 4.70. The van der Waals surface area contributed by atoms with Crippen molar-refractivity contribution in [2.75, 3.05) is 14.2 Å². The van der Waals surface area contributed by atoms with E-state index in [0.29, 0.717) is 30.8 Å². The van der Waals surface area contributed by atoms with Crippen molar-refractivity contribution >= 4 is 0 Å². The van der Waals surface area contributed by atoms with Crippen LogP contribution < -0.4 is 9.47 Å². The third-order valence-corrected chi connectivity index (χ3v) is 3.46. The van der Waals surface area contributed by atoms with Gasteiger partial charge in [0.15, 0.2) is 0 Å². The van der Waals surface area contributed by atoms with Gasteiger partial charge in [0.25, 0.3) is 0 Å². The van der Waals surface area contributed by atoms with Gasteiger partial charge in [-0.3, -0.25) is 0 Å². The number of methoxy groups -OCH3 is 2. The summed E-state index contributed by atoms with van der Waals surface area (Å²) in [6.07, 6.45) is 2.46. The van der Waals surface area contributed by atoms with Gasteiger partial charge in [-0.2, -0.15) is 10.5 Å². The molecule has 4 heteroatoms. The van der Waals surface area contributed by atoms with Gasteiger partial charge in [-0.15, -0.1) is 0 Å². The van der Waals surface area contributed by atoms with E-state index in [1.54, 1.807) is 20.3 Å². The smallest absolute Gasteiger partial charge is 0.122 e. The van der Waals surface area contributed by atoms with E-state index in [1.807, 2.05) is 19.1 Å². The Morgan fingerprint density at radius 1 is 1.05 bits per heavy atom. The molecule has 0 saturated heterocycles. The highest BCUT2D eigenvalue weighted by Gasteiger charge is 2.32. The summed E-state index contributed by atoms with van der Waals surface area (Å²) in [5, 5.41) is 18.5. The lowest BCUT2D eigenvalue weighted by Gasteiger charge is -2.26. The Balaban J connectivity index is 3.32. The van der Waals surface area contributed by atoms with Gasteiger partial charge in [0.1, 0.15) is 11.5 Å². The van der Waals surface area contributed by atoms with Crippen LogP contribution in [0.1, 0.15) is 38.2 Å². The van der Waals surface area contributed by atoms with E-state index < -0.39 is 5.41 Å². The number of hydrogen-bond acceptors (Lipinski definition) is 4. The minimum Gasteiger partial charge on any atom is -0.497 e. The zero-order valence-electron chi connectivity index (χ0n) is 12.3. The number of hydrogen-bond donors (Lipinski definition) is 0. The molecule has 0 amide bonds. The Kier molecular flexibility index (Phi) is 5.87. The molecule has 0 aliphatic carbocycles. The molecule has 20 heavy (non-hydrogen) atoms. The molecule has 4 nitrogen and oxygen atoms in total. The summed E-state index contributed by atoms with van der Waals surface area (Å²) in [4.78, 5) is 0. The predicted octanol–water partition coefficient (Wildman–Crippen LogP) is 3.57. The first-order valence-corrected chi connectivity index (χ1v) is 6.67. The molecule has 0 aromatic heterocycles. The summed E-state index contributed by atoms with van der Waals surface area (Å²) < 4.78 is 10.5. The zero-order valence-corrected chi connectivity index (χ0v) is 12.3. The molecule has 1 aromatic rings. The fraction of sp³-hybridized carbons (Fsp3) is 0.500. The van der Waals surface area contributed by atoms with Gasteiger partial charge >= 0.3 is 0 Å². The summed E-state index contributed by atoms with van der Waals surface area (Å²) in [5.74, 6) is 1.32. The molecule has 106 valence electrons. The molecule has 0 N–H and O–H groups in total. The van der Waals surface area contributed by atoms with Crippen molar-refractivity contribution in [3.8, 4) is 23.6 Å². The molecule has 0 radical (unpaired) electrons. The average molecular weight is 272 g/mol. The Labute approximate surface area is 120 Å². The van der Waals surface area contributed by atoms with Crippen molar-refractivity contribution < 1.29 is 9.47 Å². The van der Waals surface area contributed by atoms with Crippen LogP contribution in [0.2, 0.25) is 0 Å². The van der Waals surface area contributed by atoms with Crippen molar-refractivity contribution in [2.24, 2.45) is 0 Å². The van der Waals surface area contributed by atoms with Gasteiger partial charge in [-0.25, -0.2) is 0 Å². The van der Waals surface area contributed by atoms with E-state index in [1.165, 1.54) is 0 Å². The maximum absolute atomic E-state index is 9.67. The van der Waals surface area contributed by atoms with Crippen LogP contribution in [-0.4, -0.2) is 14.2 Å². The monoisotopic (exact) mass is 272 g/mol. The molecule has 0 saturated carbocycles. The lowest BCUT2D eigenvalue weighted by Crippen LogP contribution is -2.24. The van der Waals surface area contributed by atoms with E-state index in [-0.39, 0.29) is 0 Å². The molecular formula is C16H20N2O2. The molecule has 0 heterocycles. The topological polar surface area (TPSA) is 66.0 Å². The van der Waals surface area contributed by atoms with Crippen molar-refractivity contribution in [2.45, 2.75) is 38.0 Å². The maximum Gasteiger partial charge on any atom is 0.122 e. The Bertz CT molecular complexity index is 506. The quantitative estimate of drug-likeness (QED) is 0.761. The summed E-state index contributed by atoms with van der Waals surface area (Å²) in [5.41, 5.74) is 0.194. The normalized spacial score (nSPS) is 12.8. The number of nitrogens with zero attached hydrogens (tertiary/aromatic N) is 2. The van der Waals surface area contributed by atoms with Crippen LogP contribution in [0.3, 0.4) is 0 Å². The van der Waals surface area contributed by atoms with Crippen LogP contribution in [0.4, 0.5) is 0 Å². The highest BCUT2D eigenvalue weighted by atomic mass is 16.5. The number of rotatable bonds is 7. The number of ether oxygens (including phenoxy) is 2. The van der Waals surface area contributed by atoms with Gasteiger partial charge < -0.3 is 9.47 Å². The van der Waals surface area contributed by atoms with E-state index in [0.717, 1.165) is 12.0 Å². The molecule has 1 rings (SSSR count). The predicted molar refractivity (Wildman–Crippen MR) is 76.6 cm³/mol. The van der Waals surface area contributed by atoms with Crippen molar-refractivity contribution in [1.29, 1.82) is 10.5 Å². The van der Waals surface area contributed by atoms with Gasteiger partial charge in [0.05, 0.1) is 31.8 Å². The first-order valence-electron chi connectivity index (χ1n) is 6.67. The second-order valence-electron chi connectivity index (χ2n) is 4.70. The minimum atomic E-state index is -0.660. The van der Waals surface area contributed by atoms with Crippen LogP contribution in [0.25, 0.3) is 0 Å². The Hall–Kier alpha value is -2.20. The lowest BCUT2D eigenvalue weighted by molar-refractivity contribution is 0.387. The first kappa shape index (κ1) is 15.9. The minimum absolute atomic E-state index is 0.354. The SMILES string of the molecule is CCCC(C#N)(CCC#N)c1cc(OC)cc(OC)c1. The Morgan fingerprint density at radius 3 is 2.05 bits per heavy atom. The number of benzene rings is 1. The van der Waals surface area contributed by atoms with Gasteiger partial charge in [-0.1, -0.05) is 13.3 Å². The highest BCUT2D eigenvalue weighted by molar-refractivity contribution is 5.44. The molecule has 1 unspecified atom stereocenters. The summed E-state index contributed by atoms with van der Waals surface area (Å²) >= 11 is 0. The van der Waals surface area contributed by atoms with Crippen LogP contribution in [-0.2, 0) is 5.41 Å². The van der Waals surface area contributed by atoms with Crippen molar-refractivity contribution in [3.05, 3.63) is 23.8 Å². The molecule has 0 aliphatic heterocycles. The van der Waals surface area contributed by atoms with Crippen molar-refractivity contribution in [1.82, 2.24) is 0 Å². The van der Waals surface area contributed by atoms with E-state index in [9.17, 15) is 5.26 Å². The maximum atomic E-state index is 9.67. The van der Waals surface area contributed by atoms with Crippen LogP contribution in [0, 0.1) is 22.7 Å². The van der Waals surface area contributed by atoms with E-state index >= 15 is 0 Å². The summed E-state index contributed by atoms with van der Waals surface area (Å²) in [6.45, 7) is 2.04. The Morgan fingerprint density at radius 2 is 1.65 bits per heavy atom. The third kappa shape index (κ3) is 3.42. The van der Waals surface area contributed by atoms with Gasteiger partial charge in [-0.05, 0) is 30.5 Å². The molecule has 0 aliphatic rings. The molecule has 0 spiro atoms. The summed E-state index contributed by atoms with van der Waals surface area (Å²) in [7, 11) is 3.17. The second kappa shape index (κ2) is 7.40. The zero-order chi connectivity index (χ0) is 15.0. The fourth-order valence-corrected chi connectivity index (χ4v) is 2.37. The lowest BCUT2D eigenvalue weighted by atomic mass is 9.74. The largest absolute Gasteiger partial charge is 0.497 e. The molecular weight excluding hydrogens is 252 g/mol. The van der Waals surface area contributed by atoms with Crippen LogP contribution in [0.15, 0.2) is 18.2 Å². The van der Waals surface area contributed by atoms with Crippen molar-refractivity contribution in [3.63, 3.8) is 0 Å². The van der Waals surface area contributed by atoms with Crippen LogP contribution in [0.5, 0.6) is 11.5 Å². The molecule has 0 bridgehead atoms.